The molecular formula is C24H27N3O3. The first-order chi connectivity index (χ1) is 14.6. The average molecular weight is 405 g/mol. The Morgan fingerprint density at radius 1 is 1.20 bits per heavy atom. The van der Waals surface area contributed by atoms with Crippen LogP contribution in [0.15, 0.2) is 59.0 Å². The monoisotopic (exact) mass is 405 g/mol. The maximum atomic E-state index is 12.0. The molecule has 1 aliphatic rings. The predicted octanol–water partition coefficient (Wildman–Crippen LogP) is 4.40. The van der Waals surface area contributed by atoms with Crippen molar-refractivity contribution in [2.24, 2.45) is 5.92 Å². The number of para-hydroxylation sites is 1. The van der Waals surface area contributed by atoms with E-state index < -0.39 is 0 Å². The first-order valence-electron chi connectivity index (χ1n) is 10.4. The lowest BCUT2D eigenvalue weighted by atomic mass is 9.97. The standard InChI is InChI=1S/C24H27N3O3/c1-17-22(16-27-13-7-9-19(15-27)23(28)25-2)26-24(29-17)18-8-6-12-21(14-18)30-20-10-4-3-5-11-20/h3-6,8,10-12,14,19H,7,9,13,15-16H2,1-2H3,(H,25,28). The van der Waals surface area contributed by atoms with E-state index in [2.05, 4.69) is 10.2 Å². The number of piperidine rings is 1. The summed E-state index contributed by atoms with van der Waals surface area (Å²) in [5.74, 6) is 3.08. The number of aryl methyl sites for hydroxylation is 1. The van der Waals surface area contributed by atoms with Crippen LogP contribution in [0.2, 0.25) is 0 Å². The van der Waals surface area contributed by atoms with Crippen LogP contribution in [0.5, 0.6) is 11.5 Å². The number of hydrogen-bond acceptors (Lipinski definition) is 5. The van der Waals surface area contributed by atoms with Crippen LogP contribution in [-0.4, -0.2) is 35.9 Å². The molecule has 1 N–H and O–H groups in total. The first kappa shape index (κ1) is 20.2. The summed E-state index contributed by atoms with van der Waals surface area (Å²) in [6, 6.07) is 17.4. The Morgan fingerprint density at radius 2 is 2.00 bits per heavy atom. The highest BCUT2D eigenvalue weighted by Gasteiger charge is 2.26. The minimum absolute atomic E-state index is 0.0437. The zero-order valence-electron chi connectivity index (χ0n) is 17.4. The molecule has 4 rings (SSSR count). The Labute approximate surface area is 176 Å². The van der Waals surface area contributed by atoms with Crippen molar-refractivity contribution in [3.8, 4) is 23.0 Å². The van der Waals surface area contributed by atoms with E-state index in [1.807, 2.05) is 61.5 Å². The van der Waals surface area contributed by atoms with Crippen LogP contribution in [-0.2, 0) is 11.3 Å². The smallest absolute Gasteiger partial charge is 0.226 e. The van der Waals surface area contributed by atoms with Crippen molar-refractivity contribution in [2.75, 3.05) is 20.1 Å². The van der Waals surface area contributed by atoms with Gasteiger partial charge >= 0.3 is 0 Å². The molecule has 3 aromatic rings. The molecule has 1 unspecified atom stereocenters. The van der Waals surface area contributed by atoms with E-state index >= 15 is 0 Å². The number of likely N-dealkylation sites (tertiary alicyclic amines) is 1. The molecular weight excluding hydrogens is 378 g/mol. The number of amides is 1. The first-order valence-corrected chi connectivity index (χ1v) is 10.4. The molecule has 2 aromatic carbocycles. The molecule has 2 heterocycles. The number of carbonyl (C=O) groups excluding carboxylic acids is 1. The third-order valence-electron chi connectivity index (χ3n) is 5.45. The van der Waals surface area contributed by atoms with Gasteiger partial charge in [-0.2, -0.15) is 0 Å². The van der Waals surface area contributed by atoms with E-state index in [1.54, 1.807) is 7.05 Å². The predicted molar refractivity (Wildman–Crippen MR) is 115 cm³/mol. The number of nitrogens with one attached hydrogen (secondary N) is 1. The summed E-state index contributed by atoms with van der Waals surface area (Å²) in [6.45, 7) is 4.34. The second kappa shape index (κ2) is 9.13. The third-order valence-corrected chi connectivity index (χ3v) is 5.45. The number of oxazole rings is 1. The molecule has 1 aliphatic heterocycles. The van der Waals surface area contributed by atoms with Crippen molar-refractivity contribution in [1.82, 2.24) is 15.2 Å². The molecule has 0 bridgehead atoms. The normalized spacial score (nSPS) is 16.9. The molecule has 0 spiro atoms. The molecule has 30 heavy (non-hydrogen) atoms. The number of ether oxygens (including phenoxy) is 1. The zero-order chi connectivity index (χ0) is 20.9. The lowest BCUT2D eigenvalue weighted by molar-refractivity contribution is -0.126. The molecule has 6 nitrogen and oxygen atoms in total. The van der Waals surface area contributed by atoms with E-state index in [-0.39, 0.29) is 11.8 Å². The largest absolute Gasteiger partial charge is 0.457 e. The number of benzene rings is 2. The van der Waals surface area contributed by atoms with Gasteiger partial charge in [-0.25, -0.2) is 4.98 Å². The van der Waals surface area contributed by atoms with E-state index in [9.17, 15) is 4.79 Å². The van der Waals surface area contributed by atoms with Crippen molar-refractivity contribution in [3.63, 3.8) is 0 Å². The lowest BCUT2D eigenvalue weighted by Gasteiger charge is -2.31. The van der Waals surface area contributed by atoms with Gasteiger partial charge in [0.05, 0.1) is 11.6 Å². The summed E-state index contributed by atoms with van der Waals surface area (Å²) in [7, 11) is 1.70. The summed E-state index contributed by atoms with van der Waals surface area (Å²) >= 11 is 0. The highest BCUT2D eigenvalue weighted by Crippen LogP contribution is 2.29. The van der Waals surface area contributed by atoms with Gasteiger partial charge in [-0.1, -0.05) is 24.3 Å². The van der Waals surface area contributed by atoms with Gasteiger partial charge < -0.3 is 14.5 Å². The Hall–Kier alpha value is -3.12. The molecule has 0 saturated carbocycles. The number of rotatable bonds is 6. The van der Waals surface area contributed by atoms with Gasteiger partial charge in [0.2, 0.25) is 11.8 Å². The quantitative estimate of drug-likeness (QED) is 0.658. The second-order valence-electron chi connectivity index (χ2n) is 7.65. The van der Waals surface area contributed by atoms with Crippen LogP contribution < -0.4 is 10.1 Å². The number of hydrogen-bond donors (Lipinski definition) is 1. The molecule has 1 aromatic heterocycles. The third kappa shape index (κ3) is 4.71. The van der Waals surface area contributed by atoms with Gasteiger partial charge in [-0.05, 0) is 56.6 Å². The van der Waals surface area contributed by atoms with Gasteiger partial charge in [0.25, 0.3) is 0 Å². The van der Waals surface area contributed by atoms with Crippen LogP contribution in [0, 0.1) is 12.8 Å². The van der Waals surface area contributed by atoms with Crippen LogP contribution in [0.1, 0.15) is 24.3 Å². The summed E-state index contributed by atoms with van der Waals surface area (Å²) in [6.07, 6.45) is 1.95. The molecule has 1 atom stereocenters. The van der Waals surface area contributed by atoms with Gasteiger partial charge in [-0.15, -0.1) is 0 Å². The molecule has 1 amide bonds. The van der Waals surface area contributed by atoms with E-state index in [0.29, 0.717) is 12.4 Å². The number of nitrogens with zero attached hydrogens (tertiary/aromatic N) is 2. The van der Waals surface area contributed by atoms with Crippen molar-refractivity contribution in [2.45, 2.75) is 26.3 Å². The molecule has 1 saturated heterocycles. The van der Waals surface area contributed by atoms with Crippen molar-refractivity contribution in [3.05, 3.63) is 66.1 Å². The Morgan fingerprint density at radius 3 is 2.80 bits per heavy atom. The molecule has 156 valence electrons. The minimum atomic E-state index is 0.0437. The number of aromatic nitrogens is 1. The van der Waals surface area contributed by atoms with E-state index in [4.69, 9.17) is 14.1 Å². The van der Waals surface area contributed by atoms with Gasteiger partial charge in [0.15, 0.2) is 0 Å². The maximum Gasteiger partial charge on any atom is 0.226 e. The van der Waals surface area contributed by atoms with Crippen molar-refractivity contribution >= 4 is 5.91 Å². The van der Waals surface area contributed by atoms with Gasteiger partial charge in [0.1, 0.15) is 17.3 Å². The molecule has 0 aliphatic carbocycles. The van der Waals surface area contributed by atoms with Crippen molar-refractivity contribution < 1.29 is 13.9 Å². The average Bonchev–Trinajstić information content (AvgIpc) is 3.14. The fourth-order valence-electron chi connectivity index (χ4n) is 3.84. The Kier molecular flexibility index (Phi) is 6.14. The van der Waals surface area contributed by atoms with Crippen LogP contribution >= 0.6 is 0 Å². The van der Waals surface area contributed by atoms with Gasteiger partial charge in [-0.3, -0.25) is 9.69 Å². The minimum Gasteiger partial charge on any atom is -0.457 e. The Balaban J connectivity index is 1.47. The van der Waals surface area contributed by atoms with Gasteiger partial charge in [0, 0.05) is 25.7 Å². The maximum absolute atomic E-state index is 12.0. The van der Waals surface area contributed by atoms with Crippen molar-refractivity contribution in [1.29, 1.82) is 0 Å². The molecule has 6 heteroatoms. The topological polar surface area (TPSA) is 67.6 Å². The lowest BCUT2D eigenvalue weighted by Crippen LogP contribution is -2.41. The second-order valence-corrected chi connectivity index (χ2v) is 7.65. The summed E-state index contributed by atoms with van der Waals surface area (Å²) < 4.78 is 11.9. The Bertz CT molecular complexity index is 1000. The van der Waals surface area contributed by atoms with Crippen LogP contribution in [0.3, 0.4) is 0 Å². The zero-order valence-corrected chi connectivity index (χ0v) is 17.4. The van der Waals surface area contributed by atoms with Crippen LogP contribution in [0.25, 0.3) is 11.5 Å². The highest BCUT2D eigenvalue weighted by atomic mass is 16.5. The summed E-state index contributed by atoms with van der Waals surface area (Å²) in [5.41, 5.74) is 1.79. The highest BCUT2D eigenvalue weighted by molar-refractivity contribution is 5.78. The SMILES string of the molecule is CNC(=O)C1CCCN(Cc2nc(-c3cccc(Oc4ccccc4)c3)oc2C)C1. The van der Waals surface area contributed by atoms with Crippen LogP contribution in [0.4, 0.5) is 0 Å². The summed E-state index contributed by atoms with van der Waals surface area (Å²) in [5, 5.41) is 2.77. The van der Waals surface area contributed by atoms with E-state index in [0.717, 1.165) is 54.4 Å². The number of carbonyl (C=O) groups is 1. The van der Waals surface area contributed by atoms with E-state index in [1.165, 1.54) is 0 Å². The molecule has 1 fully saturated rings. The summed E-state index contributed by atoms with van der Waals surface area (Å²) in [4.78, 5) is 19.0. The fourth-order valence-corrected chi connectivity index (χ4v) is 3.84. The molecule has 0 radical (unpaired) electrons. The fraction of sp³-hybridized carbons (Fsp3) is 0.333.